The van der Waals surface area contributed by atoms with Gasteiger partial charge in [0.2, 0.25) is 16.0 Å². The highest BCUT2D eigenvalue weighted by atomic mass is 32.2. The lowest BCUT2D eigenvalue weighted by atomic mass is 10.1. The summed E-state index contributed by atoms with van der Waals surface area (Å²) in [7, 11) is -3.24. The maximum atomic E-state index is 12.1. The van der Waals surface area contributed by atoms with Crippen LogP contribution in [-0.2, 0) is 14.8 Å². The van der Waals surface area contributed by atoms with Gasteiger partial charge in [0.05, 0.1) is 36.9 Å². The Balaban J connectivity index is 0.00000259. The van der Waals surface area contributed by atoms with Crippen LogP contribution in [0.3, 0.4) is 0 Å². The van der Waals surface area contributed by atoms with Crippen LogP contribution >= 0.6 is 0 Å². The van der Waals surface area contributed by atoms with E-state index in [1.54, 1.807) is 18.6 Å². The molecule has 0 unspecified atom stereocenters. The molecule has 5 rings (SSSR count). The number of aromatic amines is 1. The van der Waals surface area contributed by atoms with E-state index >= 15 is 0 Å². The molecule has 3 aromatic heterocycles. The largest absolute Gasteiger partial charge is 0.378 e. The van der Waals surface area contributed by atoms with E-state index in [9.17, 15) is 8.42 Å². The van der Waals surface area contributed by atoms with Gasteiger partial charge in [0.1, 0.15) is 11.3 Å². The lowest BCUT2D eigenvalue weighted by Crippen LogP contribution is -2.44. The fourth-order valence-electron chi connectivity index (χ4n) is 4.10. The average molecular weight is 461 g/mol. The second-order valence-electron chi connectivity index (χ2n) is 8.10. The van der Waals surface area contributed by atoms with Gasteiger partial charge in [0.15, 0.2) is 5.65 Å². The first-order chi connectivity index (χ1) is 15.5. The SMILES string of the molecule is CS(=O)(=O)N1CCC[C@H](Nc2nc(N3CCOCC3)ncc2-c2cnc3[nH]ccc3n2)C1.[HH]. The molecule has 0 radical (unpaired) electrons. The second-order valence-corrected chi connectivity index (χ2v) is 10.1. The summed E-state index contributed by atoms with van der Waals surface area (Å²) in [5.41, 5.74) is 2.86. The lowest BCUT2D eigenvalue weighted by Gasteiger charge is -2.32. The van der Waals surface area contributed by atoms with Crippen molar-refractivity contribution >= 4 is 33.0 Å². The van der Waals surface area contributed by atoms with Crippen molar-refractivity contribution in [3.8, 4) is 11.3 Å². The van der Waals surface area contributed by atoms with Crippen molar-refractivity contribution in [1.29, 1.82) is 0 Å². The van der Waals surface area contributed by atoms with Gasteiger partial charge >= 0.3 is 0 Å². The Kier molecular flexibility index (Phi) is 5.66. The summed E-state index contributed by atoms with van der Waals surface area (Å²) >= 11 is 0. The predicted octanol–water partition coefficient (Wildman–Crippen LogP) is 1.33. The van der Waals surface area contributed by atoms with Gasteiger partial charge < -0.3 is 19.9 Å². The monoisotopic (exact) mass is 460 g/mol. The average Bonchev–Trinajstić information content (AvgIpc) is 3.27. The predicted molar refractivity (Wildman–Crippen MR) is 123 cm³/mol. The molecule has 3 aromatic rings. The van der Waals surface area contributed by atoms with Crippen LogP contribution in [0.1, 0.15) is 14.3 Å². The number of hydrogen-bond acceptors (Lipinski definition) is 9. The molecule has 5 heterocycles. The topological polar surface area (TPSA) is 129 Å². The summed E-state index contributed by atoms with van der Waals surface area (Å²) in [6.07, 6.45) is 8.15. The summed E-state index contributed by atoms with van der Waals surface area (Å²) in [5.74, 6) is 1.25. The molecule has 2 fully saturated rings. The molecule has 32 heavy (non-hydrogen) atoms. The Hall–Kier alpha value is -2.83. The van der Waals surface area contributed by atoms with E-state index in [-0.39, 0.29) is 7.47 Å². The number of piperidine rings is 1. The highest BCUT2D eigenvalue weighted by Gasteiger charge is 2.27. The van der Waals surface area contributed by atoms with Crippen molar-refractivity contribution in [2.45, 2.75) is 18.9 Å². The molecule has 12 heteroatoms. The molecule has 0 amide bonds. The highest BCUT2D eigenvalue weighted by molar-refractivity contribution is 7.88. The number of ether oxygens (including phenoxy) is 1. The zero-order valence-electron chi connectivity index (χ0n) is 17.9. The number of H-pyrrole nitrogens is 1. The molecule has 0 saturated carbocycles. The number of hydrogen-bond donors (Lipinski definition) is 2. The van der Waals surface area contributed by atoms with Gasteiger partial charge in [-0.25, -0.2) is 27.7 Å². The summed E-state index contributed by atoms with van der Waals surface area (Å²) in [5, 5.41) is 3.48. The van der Waals surface area contributed by atoms with Crippen LogP contribution < -0.4 is 10.2 Å². The first-order valence-corrected chi connectivity index (χ1v) is 12.5. The Morgan fingerprint density at radius 1 is 1.19 bits per heavy atom. The standard InChI is InChI=1S/C20H26N8O3S.H2/c1-32(29,30)28-6-2-3-14(13-28)24-18-15(17-12-22-19-16(25-17)4-5-21-19)11-23-20(26-18)27-7-9-31-10-8-27;/h4-5,11-12,14H,2-3,6-10,13H2,1H3,(H,21,22)(H,23,24,26);1H/t14-;/m0./s1. The molecular formula is C20H28N8O3S. The molecule has 0 aromatic carbocycles. The van der Waals surface area contributed by atoms with Crippen LogP contribution in [0.5, 0.6) is 0 Å². The quantitative estimate of drug-likeness (QED) is 0.579. The van der Waals surface area contributed by atoms with Crippen LogP contribution in [-0.4, -0.2) is 89.3 Å². The zero-order valence-corrected chi connectivity index (χ0v) is 18.7. The van der Waals surface area contributed by atoms with Crippen LogP contribution in [0, 0.1) is 0 Å². The Bertz CT molecular complexity index is 1210. The summed E-state index contributed by atoms with van der Waals surface area (Å²) < 4.78 is 31.1. The van der Waals surface area contributed by atoms with E-state index in [1.165, 1.54) is 10.6 Å². The van der Waals surface area contributed by atoms with E-state index in [0.717, 1.165) is 37.0 Å². The van der Waals surface area contributed by atoms with Crippen molar-refractivity contribution < 1.29 is 14.6 Å². The van der Waals surface area contributed by atoms with E-state index in [0.29, 0.717) is 49.4 Å². The van der Waals surface area contributed by atoms with Crippen LogP contribution in [0.2, 0.25) is 0 Å². The molecule has 2 aliphatic rings. The van der Waals surface area contributed by atoms with Crippen molar-refractivity contribution in [3.63, 3.8) is 0 Å². The van der Waals surface area contributed by atoms with Crippen LogP contribution in [0.4, 0.5) is 11.8 Å². The molecule has 2 aliphatic heterocycles. The number of sulfonamides is 1. The lowest BCUT2D eigenvalue weighted by molar-refractivity contribution is 0.122. The molecule has 0 spiro atoms. The van der Waals surface area contributed by atoms with Crippen LogP contribution in [0.25, 0.3) is 22.4 Å². The van der Waals surface area contributed by atoms with E-state index in [1.807, 2.05) is 6.07 Å². The van der Waals surface area contributed by atoms with Crippen molar-refractivity contribution in [2.75, 3.05) is 55.9 Å². The van der Waals surface area contributed by atoms with Gasteiger partial charge in [0, 0.05) is 46.0 Å². The van der Waals surface area contributed by atoms with E-state index in [4.69, 9.17) is 14.7 Å². The number of nitrogens with zero attached hydrogens (tertiary/aromatic N) is 6. The van der Waals surface area contributed by atoms with Crippen LogP contribution in [0.15, 0.2) is 24.7 Å². The molecule has 172 valence electrons. The maximum Gasteiger partial charge on any atom is 0.227 e. The normalized spacial score (nSPS) is 20.5. The number of nitrogens with one attached hydrogen (secondary N) is 2. The first-order valence-electron chi connectivity index (χ1n) is 10.7. The molecule has 1 atom stereocenters. The highest BCUT2D eigenvalue weighted by Crippen LogP contribution is 2.29. The van der Waals surface area contributed by atoms with Gasteiger partial charge in [-0.1, -0.05) is 0 Å². The molecule has 11 nitrogen and oxygen atoms in total. The Labute approximate surface area is 187 Å². The molecule has 2 N–H and O–H groups in total. The smallest absolute Gasteiger partial charge is 0.227 e. The number of fused-ring (bicyclic) bond motifs is 1. The Morgan fingerprint density at radius 2 is 2.03 bits per heavy atom. The third kappa shape index (κ3) is 4.38. The summed E-state index contributed by atoms with van der Waals surface area (Å²) in [6, 6.07) is 1.81. The van der Waals surface area contributed by atoms with Gasteiger partial charge in [-0.15, -0.1) is 0 Å². The number of anilines is 2. The number of morpholine rings is 1. The van der Waals surface area contributed by atoms with Crippen molar-refractivity contribution in [2.24, 2.45) is 0 Å². The molecular weight excluding hydrogens is 432 g/mol. The third-order valence-corrected chi connectivity index (χ3v) is 7.07. The van der Waals surface area contributed by atoms with Gasteiger partial charge in [-0.05, 0) is 18.9 Å². The van der Waals surface area contributed by atoms with Gasteiger partial charge in [-0.3, -0.25) is 0 Å². The van der Waals surface area contributed by atoms with E-state index in [2.05, 4.69) is 25.2 Å². The van der Waals surface area contributed by atoms with Crippen molar-refractivity contribution in [1.82, 2.24) is 29.2 Å². The fraction of sp³-hybridized carbons (Fsp3) is 0.500. The number of rotatable bonds is 5. The zero-order chi connectivity index (χ0) is 22.1. The fourth-order valence-corrected chi connectivity index (χ4v) is 5.01. The van der Waals surface area contributed by atoms with Crippen molar-refractivity contribution in [3.05, 3.63) is 24.7 Å². The third-order valence-electron chi connectivity index (χ3n) is 5.80. The minimum Gasteiger partial charge on any atom is -0.378 e. The molecule has 0 aliphatic carbocycles. The first kappa shape index (κ1) is 21.0. The Morgan fingerprint density at radius 3 is 2.84 bits per heavy atom. The van der Waals surface area contributed by atoms with E-state index < -0.39 is 10.0 Å². The summed E-state index contributed by atoms with van der Waals surface area (Å²) in [4.78, 5) is 23.7. The molecule has 2 saturated heterocycles. The second kappa shape index (κ2) is 8.60. The minimum atomic E-state index is -3.24. The van der Waals surface area contributed by atoms with Gasteiger partial charge in [0.25, 0.3) is 0 Å². The van der Waals surface area contributed by atoms with Gasteiger partial charge in [-0.2, -0.15) is 4.98 Å². The number of aromatic nitrogens is 5. The molecule has 0 bridgehead atoms. The summed E-state index contributed by atoms with van der Waals surface area (Å²) in [6.45, 7) is 3.66. The minimum absolute atomic E-state index is 0. The maximum absolute atomic E-state index is 12.1.